The lowest BCUT2D eigenvalue weighted by molar-refractivity contribution is -0.118. The number of piperidine rings is 2. The fourth-order valence-corrected chi connectivity index (χ4v) is 4.70. The minimum absolute atomic E-state index is 0.152. The van der Waals surface area contributed by atoms with Crippen LogP contribution in [0.4, 0.5) is 11.5 Å². The maximum atomic E-state index is 12.5. The van der Waals surface area contributed by atoms with Gasteiger partial charge in [-0.25, -0.2) is 4.98 Å². The molecule has 1 aliphatic carbocycles. The molecule has 0 radical (unpaired) electrons. The Balaban J connectivity index is 1.30. The Morgan fingerprint density at radius 3 is 2.62 bits per heavy atom. The molecule has 3 heterocycles. The number of hydrogen-bond acceptors (Lipinski definition) is 5. The molecule has 3 fully saturated rings. The van der Waals surface area contributed by atoms with Gasteiger partial charge in [0.25, 0.3) is 0 Å². The Bertz CT molecular complexity index is 630. The van der Waals surface area contributed by atoms with Crippen LogP contribution in [0.5, 0.6) is 0 Å². The number of pyridine rings is 1. The Morgan fingerprint density at radius 2 is 2.00 bits per heavy atom. The van der Waals surface area contributed by atoms with Crippen LogP contribution in [0.15, 0.2) is 18.3 Å². The lowest BCUT2D eigenvalue weighted by Crippen LogP contribution is -2.42. The van der Waals surface area contributed by atoms with Crippen molar-refractivity contribution in [3.63, 3.8) is 0 Å². The molecule has 2 saturated heterocycles. The molecule has 0 bridgehead atoms. The summed E-state index contributed by atoms with van der Waals surface area (Å²) in [4.78, 5) is 21.8. The summed E-state index contributed by atoms with van der Waals surface area (Å²) in [5, 5.41) is 6.42. The van der Waals surface area contributed by atoms with E-state index in [1.165, 1.54) is 12.8 Å². The number of carbonyl (C=O) groups excluding carboxylic acids is 1. The highest BCUT2D eigenvalue weighted by molar-refractivity contribution is 5.94. The molecule has 6 nitrogen and oxygen atoms in total. The number of nitrogens with one attached hydrogen (secondary N) is 2. The van der Waals surface area contributed by atoms with E-state index in [1.807, 2.05) is 12.3 Å². The van der Waals surface area contributed by atoms with Crippen molar-refractivity contribution in [2.75, 3.05) is 50.5 Å². The van der Waals surface area contributed by atoms with Crippen LogP contribution < -0.4 is 15.5 Å². The van der Waals surface area contributed by atoms with Gasteiger partial charge in [-0.3, -0.25) is 4.79 Å². The van der Waals surface area contributed by atoms with E-state index in [-0.39, 0.29) is 17.2 Å². The molecular weight excluding hydrogens is 326 g/mol. The van der Waals surface area contributed by atoms with Gasteiger partial charge in [-0.15, -0.1) is 0 Å². The first-order valence-corrected chi connectivity index (χ1v) is 9.96. The third-order valence-electron chi connectivity index (χ3n) is 6.66. The number of nitrogens with zero attached hydrogens (tertiary/aromatic N) is 3. The smallest absolute Gasteiger partial charge is 0.229 e. The lowest BCUT2D eigenvalue weighted by Gasteiger charge is -2.36. The molecule has 142 valence electrons. The van der Waals surface area contributed by atoms with Crippen LogP contribution in [-0.4, -0.2) is 62.1 Å². The van der Waals surface area contributed by atoms with Crippen LogP contribution in [0, 0.1) is 11.3 Å². The number of rotatable bonds is 4. The van der Waals surface area contributed by atoms with Crippen LogP contribution in [-0.2, 0) is 4.79 Å². The Hall–Kier alpha value is -1.66. The first kappa shape index (κ1) is 17.7. The highest BCUT2D eigenvalue weighted by atomic mass is 16.2. The van der Waals surface area contributed by atoms with Gasteiger partial charge in [-0.2, -0.15) is 0 Å². The van der Waals surface area contributed by atoms with Crippen LogP contribution in [0.25, 0.3) is 0 Å². The van der Waals surface area contributed by atoms with Gasteiger partial charge in [0.15, 0.2) is 0 Å². The Kier molecular flexibility index (Phi) is 4.88. The van der Waals surface area contributed by atoms with Gasteiger partial charge in [0.05, 0.1) is 11.9 Å². The molecule has 1 unspecified atom stereocenters. The van der Waals surface area contributed by atoms with Crippen LogP contribution >= 0.6 is 0 Å². The van der Waals surface area contributed by atoms with E-state index in [2.05, 4.69) is 45.6 Å². The van der Waals surface area contributed by atoms with E-state index in [0.717, 1.165) is 51.1 Å². The molecule has 26 heavy (non-hydrogen) atoms. The van der Waals surface area contributed by atoms with E-state index >= 15 is 0 Å². The second-order valence-electron chi connectivity index (χ2n) is 8.44. The molecule has 1 aromatic heterocycles. The largest absolute Gasteiger partial charge is 0.370 e. The van der Waals surface area contributed by atoms with Crippen molar-refractivity contribution in [1.82, 2.24) is 15.2 Å². The fraction of sp³-hybridized carbons (Fsp3) is 0.700. The molecule has 1 saturated carbocycles. The van der Waals surface area contributed by atoms with Gasteiger partial charge < -0.3 is 20.4 Å². The van der Waals surface area contributed by atoms with E-state index in [4.69, 9.17) is 0 Å². The van der Waals surface area contributed by atoms with E-state index in [9.17, 15) is 4.79 Å². The molecule has 2 aliphatic heterocycles. The molecular formula is C20H31N5O. The van der Waals surface area contributed by atoms with Crippen molar-refractivity contribution in [2.24, 2.45) is 11.3 Å². The molecule has 6 heteroatoms. The third kappa shape index (κ3) is 3.58. The second-order valence-corrected chi connectivity index (χ2v) is 8.44. The van der Waals surface area contributed by atoms with Crippen molar-refractivity contribution < 1.29 is 4.79 Å². The quantitative estimate of drug-likeness (QED) is 0.862. The maximum absolute atomic E-state index is 12.5. The number of amides is 1. The normalized spacial score (nSPS) is 25.5. The zero-order valence-corrected chi connectivity index (χ0v) is 16.0. The zero-order valence-electron chi connectivity index (χ0n) is 16.0. The predicted octanol–water partition coefficient (Wildman–Crippen LogP) is 1.94. The highest BCUT2D eigenvalue weighted by Gasteiger charge is 2.57. The first-order valence-electron chi connectivity index (χ1n) is 9.96. The van der Waals surface area contributed by atoms with Gasteiger partial charge in [0.1, 0.15) is 5.82 Å². The van der Waals surface area contributed by atoms with Crippen LogP contribution in [0.1, 0.15) is 32.1 Å². The molecule has 1 aromatic rings. The molecule has 3 aliphatic rings. The Morgan fingerprint density at radius 1 is 1.27 bits per heavy atom. The van der Waals surface area contributed by atoms with Crippen molar-refractivity contribution in [2.45, 2.75) is 38.1 Å². The van der Waals surface area contributed by atoms with Gasteiger partial charge in [0, 0.05) is 25.0 Å². The van der Waals surface area contributed by atoms with Gasteiger partial charge in [-0.05, 0) is 76.8 Å². The minimum Gasteiger partial charge on any atom is -0.370 e. The standard InChI is InChI=1S/C20H31N5O/c1-24(2)15-5-11-25(12-6-15)16-3-4-18(22-14-16)23-19(26)17-13-20(17)7-9-21-10-8-20/h3-4,14-15,17,21H,5-13H2,1-2H3,(H,22,23,26). The molecule has 2 N–H and O–H groups in total. The van der Waals surface area contributed by atoms with Crippen molar-refractivity contribution >= 4 is 17.4 Å². The van der Waals surface area contributed by atoms with Crippen LogP contribution in [0.2, 0.25) is 0 Å². The number of carbonyl (C=O) groups is 1. The SMILES string of the molecule is CN(C)C1CCN(c2ccc(NC(=O)C3CC34CCNCC4)nc2)CC1. The summed E-state index contributed by atoms with van der Waals surface area (Å²) < 4.78 is 0. The summed E-state index contributed by atoms with van der Waals surface area (Å²) in [5.41, 5.74) is 1.42. The summed E-state index contributed by atoms with van der Waals surface area (Å²) in [6.07, 6.45) is 7.56. The molecule has 4 rings (SSSR count). The molecule has 1 amide bonds. The number of hydrogen-bond donors (Lipinski definition) is 2. The molecule has 1 spiro atoms. The summed E-state index contributed by atoms with van der Waals surface area (Å²) in [6.45, 7) is 4.21. The van der Waals surface area contributed by atoms with Crippen molar-refractivity contribution in [3.8, 4) is 0 Å². The molecule has 0 aromatic carbocycles. The summed E-state index contributed by atoms with van der Waals surface area (Å²) in [5.74, 6) is 1.01. The maximum Gasteiger partial charge on any atom is 0.229 e. The van der Waals surface area contributed by atoms with Gasteiger partial charge in [-0.1, -0.05) is 0 Å². The minimum atomic E-state index is 0.152. The van der Waals surface area contributed by atoms with Crippen molar-refractivity contribution in [3.05, 3.63) is 18.3 Å². The van der Waals surface area contributed by atoms with E-state index in [0.29, 0.717) is 11.9 Å². The van der Waals surface area contributed by atoms with Crippen molar-refractivity contribution in [1.29, 1.82) is 0 Å². The van der Waals surface area contributed by atoms with E-state index in [1.54, 1.807) is 0 Å². The Labute approximate surface area is 156 Å². The second kappa shape index (κ2) is 7.16. The van der Waals surface area contributed by atoms with E-state index < -0.39 is 0 Å². The molecule has 1 atom stereocenters. The summed E-state index contributed by atoms with van der Waals surface area (Å²) in [7, 11) is 4.32. The average Bonchev–Trinajstić information content (AvgIpc) is 3.36. The third-order valence-corrected chi connectivity index (χ3v) is 6.66. The van der Waals surface area contributed by atoms with Gasteiger partial charge >= 0.3 is 0 Å². The lowest BCUT2D eigenvalue weighted by atomic mass is 9.92. The summed E-state index contributed by atoms with van der Waals surface area (Å²) >= 11 is 0. The topological polar surface area (TPSA) is 60.5 Å². The summed E-state index contributed by atoms with van der Waals surface area (Å²) in [6, 6.07) is 4.72. The van der Waals surface area contributed by atoms with Gasteiger partial charge in [0.2, 0.25) is 5.91 Å². The zero-order chi connectivity index (χ0) is 18.1. The number of anilines is 2. The highest BCUT2D eigenvalue weighted by Crippen LogP contribution is 2.58. The fourth-order valence-electron chi connectivity index (χ4n) is 4.70. The predicted molar refractivity (Wildman–Crippen MR) is 104 cm³/mol. The number of aromatic nitrogens is 1. The monoisotopic (exact) mass is 357 g/mol. The average molecular weight is 358 g/mol. The first-order chi connectivity index (χ1) is 12.6. The van der Waals surface area contributed by atoms with Crippen LogP contribution in [0.3, 0.4) is 0 Å².